The molecule has 0 aliphatic heterocycles. The Morgan fingerprint density at radius 1 is 1.33 bits per heavy atom. The minimum Gasteiger partial charge on any atom is -0.497 e. The Morgan fingerprint density at radius 3 is 2.47 bits per heavy atom. The maximum atomic E-state index is 9.37. The molecule has 1 atom stereocenters. The summed E-state index contributed by atoms with van der Waals surface area (Å²) in [7, 11) is 3.21. The number of methoxy groups -OCH3 is 2. The van der Waals surface area contributed by atoms with Crippen molar-refractivity contribution in [3.8, 4) is 11.5 Å². The first-order valence-electron chi connectivity index (χ1n) is 4.67. The normalized spacial score (nSPS) is 12.3. The average Bonchev–Trinajstić information content (AvgIpc) is 2.20. The quantitative estimate of drug-likeness (QED) is 0.917. The third-order valence-electron chi connectivity index (χ3n) is 2.08. The molecule has 0 fully saturated rings. The largest absolute Gasteiger partial charge is 0.497 e. The van der Waals surface area contributed by atoms with Crippen LogP contribution >= 0.6 is 15.9 Å². The number of aliphatic hydroxyl groups is 1. The van der Waals surface area contributed by atoms with Gasteiger partial charge in [-0.25, -0.2) is 0 Å². The van der Waals surface area contributed by atoms with Crippen molar-refractivity contribution in [1.82, 2.24) is 0 Å². The molecule has 84 valence electrons. The fourth-order valence-corrected chi connectivity index (χ4v) is 1.96. The molecule has 0 saturated carbocycles. The molecule has 0 aliphatic rings. The van der Waals surface area contributed by atoms with Crippen molar-refractivity contribution in [2.75, 3.05) is 14.2 Å². The summed E-state index contributed by atoms with van der Waals surface area (Å²) in [5, 5.41) is 9.37. The maximum Gasteiger partial charge on any atom is 0.126 e. The van der Waals surface area contributed by atoms with E-state index in [0.717, 1.165) is 21.5 Å². The SMILES string of the molecule is COc1cc(Br)c(C[C@H](C)O)c(OC)c1. The highest BCUT2D eigenvalue weighted by Crippen LogP contribution is 2.33. The molecule has 1 N–H and O–H groups in total. The molecule has 0 bridgehead atoms. The fourth-order valence-electron chi connectivity index (χ4n) is 1.38. The standard InChI is InChI=1S/C11H15BrO3/c1-7(13)4-9-10(12)5-8(14-2)6-11(9)15-3/h5-7,13H,4H2,1-3H3/t7-/m0/s1. The molecule has 0 heterocycles. The maximum absolute atomic E-state index is 9.37. The highest BCUT2D eigenvalue weighted by atomic mass is 79.9. The van der Waals surface area contributed by atoms with Gasteiger partial charge in [-0.3, -0.25) is 0 Å². The van der Waals surface area contributed by atoms with E-state index in [0.29, 0.717) is 6.42 Å². The average molecular weight is 275 g/mol. The summed E-state index contributed by atoms with van der Waals surface area (Å²) in [5.74, 6) is 1.45. The van der Waals surface area contributed by atoms with Crippen molar-refractivity contribution in [1.29, 1.82) is 0 Å². The number of hydrogen-bond donors (Lipinski definition) is 1. The first kappa shape index (κ1) is 12.3. The van der Waals surface area contributed by atoms with Crippen molar-refractivity contribution in [2.24, 2.45) is 0 Å². The van der Waals surface area contributed by atoms with Crippen LogP contribution in [-0.2, 0) is 6.42 Å². The van der Waals surface area contributed by atoms with Crippen LogP contribution in [0.1, 0.15) is 12.5 Å². The van der Waals surface area contributed by atoms with Gasteiger partial charge < -0.3 is 14.6 Å². The van der Waals surface area contributed by atoms with Crippen LogP contribution in [0, 0.1) is 0 Å². The van der Waals surface area contributed by atoms with Gasteiger partial charge in [-0.2, -0.15) is 0 Å². The van der Waals surface area contributed by atoms with Gasteiger partial charge in [-0.15, -0.1) is 0 Å². The van der Waals surface area contributed by atoms with E-state index in [1.165, 1.54) is 0 Å². The predicted molar refractivity (Wildman–Crippen MR) is 62.6 cm³/mol. The molecule has 0 spiro atoms. The molecule has 1 aromatic carbocycles. The lowest BCUT2D eigenvalue weighted by Gasteiger charge is -2.13. The molecule has 0 unspecified atom stereocenters. The van der Waals surface area contributed by atoms with Gasteiger partial charge in [0.1, 0.15) is 11.5 Å². The summed E-state index contributed by atoms with van der Waals surface area (Å²) in [4.78, 5) is 0. The van der Waals surface area contributed by atoms with Crippen molar-refractivity contribution in [3.63, 3.8) is 0 Å². The third-order valence-corrected chi connectivity index (χ3v) is 2.79. The topological polar surface area (TPSA) is 38.7 Å². The van der Waals surface area contributed by atoms with Crippen molar-refractivity contribution in [3.05, 3.63) is 22.2 Å². The highest BCUT2D eigenvalue weighted by molar-refractivity contribution is 9.10. The van der Waals surface area contributed by atoms with Gasteiger partial charge in [-0.1, -0.05) is 15.9 Å². The van der Waals surface area contributed by atoms with Crippen LogP contribution in [0.4, 0.5) is 0 Å². The van der Waals surface area contributed by atoms with E-state index in [9.17, 15) is 5.11 Å². The molecular weight excluding hydrogens is 260 g/mol. The van der Waals surface area contributed by atoms with E-state index in [4.69, 9.17) is 9.47 Å². The van der Waals surface area contributed by atoms with Crippen molar-refractivity contribution in [2.45, 2.75) is 19.4 Å². The van der Waals surface area contributed by atoms with Gasteiger partial charge >= 0.3 is 0 Å². The zero-order chi connectivity index (χ0) is 11.4. The highest BCUT2D eigenvalue weighted by Gasteiger charge is 2.12. The van der Waals surface area contributed by atoms with Crippen LogP contribution in [0.2, 0.25) is 0 Å². The van der Waals surface area contributed by atoms with Crippen LogP contribution in [-0.4, -0.2) is 25.4 Å². The molecule has 0 amide bonds. The van der Waals surface area contributed by atoms with E-state index in [-0.39, 0.29) is 0 Å². The van der Waals surface area contributed by atoms with Gasteiger partial charge in [0.2, 0.25) is 0 Å². The molecule has 3 nitrogen and oxygen atoms in total. The summed E-state index contributed by atoms with van der Waals surface area (Å²) in [6.07, 6.45) is 0.150. The molecule has 15 heavy (non-hydrogen) atoms. The number of halogens is 1. The zero-order valence-electron chi connectivity index (χ0n) is 9.08. The zero-order valence-corrected chi connectivity index (χ0v) is 10.7. The van der Waals surface area contributed by atoms with E-state index in [2.05, 4.69) is 15.9 Å². The Kier molecular flexibility index (Phi) is 4.42. The Morgan fingerprint density at radius 2 is 2.00 bits per heavy atom. The first-order chi connectivity index (χ1) is 7.08. The van der Waals surface area contributed by atoms with Gasteiger partial charge in [0.15, 0.2) is 0 Å². The van der Waals surface area contributed by atoms with Gasteiger partial charge in [0.25, 0.3) is 0 Å². The number of benzene rings is 1. The number of rotatable bonds is 4. The Bertz CT molecular complexity index is 337. The summed E-state index contributed by atoms with van der Waals surface area (Å²) >= 11 is 3.44. The van der Waals surface area contributed by atoms with Gasteiger partial charge in [-0.05, 0) is 13.0 Å². The molecule has 0 aromatic heterocycles. The summed E-state index contributed by atoms with van der Waals surface area (Å²) < 4.78 is 11.3. The van der Waals surface area contributed by atoms with Crippen LogP contribution in [0.3, 0.4) is 0 Å². The number of ether oxygens (including phenoxy) is 2. The summed E-state index contributed by atoms with van der Waals surface area (Å²) in [6, 6.07) is 3.67. The summed E-state index contributed by atoms with van der Waals surface area (Å²) in [5.41, 5.74) is 0.952. The Balaban J connectivity index is 3.12. The molecule has 1 rings (SSSR count). The number of hydrogen-bond acceptors (Lipinski definition) is 3. The molecule has 4 heteroatoms. The van der Waals surface area contributed by atoms with Crippen LogP contribution in [0.25, 0.3) is 0 Å². The Hall–Kier alpha value is -0.740. The van der Waals surface area contributed by atoms with E-state index in [1.807, 2.05) is 12.1 Å². The van der Waals surface area contributed by atoms with Crippen molar-refractivity contribution >= 4 is 15.9 Å². The first-order valence-corrected chi connectivity index (χ1v) is 5.46. The number of aliphatic hydroxyl groups excluding tert-OH is 1. The second-order valence-corrected chi connectivity index (χ2v) is 4.20. The molecular formula is C11H15BrO3. The molecule has 0 radical (unpaired) electrons. The van der Waals surface area contributed by atoms with E-state index < -0.39 is 6.10 Å². The lowest BCUT2D eigenvalue weighted by molar-refractivity contribution is 0.194. The molecule has 0 saturated heterocycles. The monoisotopic (exact) mass is 274 g/mol. The second-order valence-electron chi connectivity index (χ2n) is 3.34. The Labute approximate surface area is 98.1 Å². The van der Waals surface area contributed by atoms with Gasteiger partial charge in [0, 0.05) is 22.5 Å². The summed E-state index contributed by atoms with van der Waals surface area (Å²) in [6.45, 7) is 1.75. The lowest BCUT2D eigenvalue weighted by Crippen LogP contribution is -2.06. The third kappa shape index (κ3) is 3.11. The van der Waals surface area contributed by atoms with Crippen LogP contribution in [0.5, 0.6) is 11.5 Å². The van der Waals surface area contributed by atoms with E-state index >= 15 is 0 Å². The smallest absolute Gasteiger partial charge is 0.126 e. The van der Waals surface area contributed by atoms with Gasteiger partial charge in [0.05, 0.1) is 20.3 Å². The molecule has 0 aliphatic carbocycles. The van der Waals surface area contributed by atoms with E-state index in [1.54, 1.807) is 21.1 Å². The fraction of sp³-hybridized carbons (Fsp3) is 0.455. The van der Waals surface area contributed by atoms with Crippen LogP contribution < -0.4 is 9.47 Å². The minimum atomic E-state index is -0.399. The predicted octanol–water partition coefficient (Wildman–Crippen LogP) is 2.39. The molecule has 1 aromatic rings. The minimum absolute atomic E-state index is 0.399. The second kappa shape index (κ2) is 5.37. The van der Waals surface area contributed by atoms with Crippen molar-refractivity contribution < 1.29 is 14.6 Å². The van der Waals surface area contributed by atoms with Crippen LogP contribution in [0.15, 0.2) is 16.6 Å². The lowest BCUT2D eigenvalue weighted by atomic mass is 10.1.